The van der Waals surface area contributed by atoms with Crippen molar-refractivity contribution >= 4 is 28.8 Å². The number of carbonyl (C=O) groups excluding carboxylic acids is 1. The van der Waals surface area contributed by atoms with Crippen LogP contribution in [0.2, 0.25) is 5.15 Å². The van der Waals surface area contributed by atoms with Crippen LogP contribution in [0.1, 0.15) is 20.8 Å². The van der Waals surface area contributed by atoms with Crippen molar-refractivity contribution in [2.75, 3.05) is 7.05 Å². The normalized spacial score (nSPS) is 10.6. The zero-order valence-electron chi connectivity index (χ0n) is 13.5. The summed E-state index contributed by atoms with van der Waals surface area (Å²) in [6, 6.07) is 13.8. The Kier molecular flexibility index (Phi) is 4.97. The molecule has 0 unspecified atom stereocenters. The van der Waals surface area contributed by atoms with Crippen LogP contribution in [0.15, 0.2) is 54.0 Å². The van der Waals surface area contributed by atoms with Gasteiger partial charge in [-0.25, -0.2) is 4.98 Å². The van der Waals surface area contributed by atoms with Gasteiger partial charge >= 0.3 is 0 Å². The van der Waals surface area contributed by atoms with E-state index in [4.69, 9.17) is 11.6 Å². The lowest BCUT2D eigenvalue weighted by atomic mass is 10.0. The molecule has 24 heavy (non-hydrogen) atoms. The molecular weight excluding hydrogens is 340 g/mol. The molecule has 2 heterocycles. The molecule has 0 atom stereocenters. The van der Waals surface area contributed by atoms with Crippen LogP contribution in [0.4, 0.5) is 0 Å². The molecule has 0 spiro atoms. The molecule has 0 aliphatic carbocycles. The van der Waals surface area contributed by atoms with Crippen molar-refractivity contribution in [2.24, 2.45) is 0 Å². The van der Waals surface area contributed by atoms with Crippen molar-refractivity contribution < 1.29 is 4.79 Å². The Balaban J connectivity index is 1.81. The lowest BCUT2D eigenvalue weighted by Crippen LogP contribution is -2.25. The first kappa shape index (κ1) is 16.7. The molecule has 0 fully saturated rings. The molecule has 0 radical (unpaired) electrons. The van der Waals surface area contributed by atoms with Gasteiger partial charge in [0.2, 0.25) is 0 Å². The van der Waals surface area contributed by atoms with Gasteiger partial charge in [0.05, 0.1) is 4.88 Å². The van der Waals surface area contributed by atoms with Crippen LogP contribution in [0.5, 0.6) is 0 Å². The van der Waals surface area contributed by atoms with Crippen LogP contribution >= 0.6 is 22.9 Å². The maximum Gasteiger partial charge on any atom is 0.264 e. The third-order valence-corrected chi connectivity index (χ3v) is 4.90. The van der Waals surface area contributed by atoms with Gasteiger partial charge in [-0.2, -0.15) is 0 Å². The maximum atomic E-state index is 12.8. The largest absolute Gasteiger partial charge is 0.337 e. The van der Waals surface area contributed by atoms with Crippen LogP contribution in [-0.4, -0.2) is 22.8 Å². The standard InChI is InChI=1S/C19H17ClN2OS/c1-13-3-6-15(7-4-13)16-9-10-24-18(16)19(23)22(2)12-14-5-8-17(20)21-11-14/h3-11H,12H2,1-2H3. The third-order valence-electron chi connectivity index (χ3n) is 3.78. The minimum absolute atomic E-state index is 0.00975. The third kappa shape index (κ3) is 3.66. The predicted octanol–water partition coefficient (Wildman–Crippen LogP) is 5.04. The summed E-state index contributed by atoms with van der Waals surface area (Å²) in [5.41, 5.74) is 4.19. The topological polar surface area (TPSA) is 33.2 Å². The Labute approximate surface area is 150 Å². The smallest absolute Gasteiger partial charge is 0.264 e. The van der Waals surface area contributed by atoms with Gasteiger partial charge in [-0.3, -0.25) is 4.79 Å². The van der Waals surface area contributed by atoms with Crippen molar-refractivity contribution in [1.82, 2.24) is 9.88 Å². The second-order valence-electron chi connectivity index (χ2n) is 5.68. The summed E-state index contributed by atoms with van der Waals surface area (Å²) < 4.78 is 0. The summed E-state index contributed by atoms with van der Waals surface area (Å²) in [4.78, 5) is 19.3. The Morgan fingerprint density at radius 2 is 1.92 bits per heavy atom. The van der Waals surface area contributed by atoms with E-state index in [1.807, 2.05) is 17.5 Å². The van der Waals surface area contributed by atoms with E-state index in [2.05, 4.69) is 36.2 Å². The highest BCUT2D eigenvalue weighted by molar-refractivity contribution is 7.12. The second kappa shape index (κ2) is 7.16. The Morgan fingerprint density at radius 3 is 2.58 bits per heavy atom. The van der Waals surface area contributed by atoms with Crippen molar-refractivity contribution in [3.8, 4) is 11.1 Å². The Hall–Kier alpha value is -2.17. The molecule has 0 aliphatic heterocycles. The molecule has 5 heteroatoms. The van der Waals surface area contributed by atoms with Crippen LogP contribution in [0, 0.1) is 6.92 Å². The first-order valence-electron chi connectivity index (χ1n) is 7.55. The van der Waals surface area contributed by atoms with E-state index < -0.39 is 0 Å². The summed E-state index contributed by atoms with van der Waals surface area (Å²) in [6.07, 6.45) is 1.70. The highest BCUT2D eigenvalue weighted by Gasteiger charge is 2.18. The summed E-state index contributed by atoms with van der Waals surface area (Å²) in [7, 11) is 1.80. The van der Waals surface area contributed by atoms with Gasteiger partial charge in [-0.15, -0.1) is 11.3 Å². The lowest BCUT2D eigenvalue weighted by Gasteiger charge is -2.17. The van der Waals surface area contributed by atoms with Crippen molar-refractivity contribution in [1.29, 1.82) is 0 Å². The molecule has 0 aliphatic rings. The number of aryl methyl sites for hydroxylation is 1. The summed E-state index contributed by atoms with van der Waals surface area (Å²) >= 11 is 7.27. The highest BCUT2D eigenvalue weighted by atomic mass is 35.5. The minimum Gasteiger partial charge on any atom is -0.337 e. The van der Waals surface area contributed by atoms with Gasteiger partial charge < -0.3 is 4.90 Å². The van der Waals surface area contributed by atoms with Crippen molar-refractivity contribution in [3.05, 3.63) is 75.2 Å². The van der Waals surface area contributed by atoms with Crippen LogP contribution in [0.25, 0.3) is 11.1 Å². The first-order valence-corrected chi connectivity index (χ1v) is 8.81. The first-order chi connectivity index (χ1) is 11.5. The van der Waals surface area contributed by atoms with E-state index in [9.17, 15) is 4.79 Å². The van der Waals surface area contributed by atoms with Gasteiger partial charge in [-0.1, -0.05) is 47.5 Å². The van der Waals surface area contributed by atoms with Gasteiger partial charge in [0.15, 0.2) is 0 Å². The average Bonchev–Trinajstić information content (AvgIpc) is 3.06. The van der Waals surface area contributed by atoms with E-state index in [0.29, 0.717) is 11.7 Å². The number of amides is 1. The molecule has 0 saturated heterocycles. The number of rotatable bonds is 4. The van der Waals surface area contributed by atoms with E-state index in [-0.39, 0.29) is 5.91 Å². The van der Waals surface area contributed by atoms with Gasteiger partial charge in [0, 0.05) is 25.4 Å². The van der Waals surface area contributed by atoms with Crippen LogP contribution in [-0.2, 0) is 6.54 Å². The van der Waals surface area contributed by atoms with Crippen LogP contribution in [0.3, 0.4) is 0 Å². The molecule has 122 valence electrons. The summed E-state index contributed by atoms with van der Waals surface area (Å²) in [5.74, 6) is 0.00975. The van der Waals surface area contributed by atoms with E-state index in [1.54, 1.807) is 24.2 Å². The Morgan fingerprint density at radius 1 is 1.17 bits per heavy atom. The fourth-order valence-electron chi connectivity index (χ4n) is 2.45. The molecule has 0 N–H and O–H groups in total. The fraction of sp³-hybridized carbons (Fsp3) is 0.158. The number of halogens is 1. The fourth-order valence-corrected chi connectivity index (χ4v) is 3.48. The van der Waals surface area contributed by atoms with Crippen molar-refractivity contribution in [3.63, 3.8) is 0 Å². The molecule has 1 aromatic carbocycles. The average molecular weight is 357 g/mol. The van der Waals surface area contributed by atoms with Crippen molar-refractivity contribution in [2.45, 2.75) is 13.5 Å². The van der Waals surface area contributed by atoms with E-state index >= 15 is 0 Å². The molecule has 0 bridgehead atoms. The van der Waals surface area contributed by atoms with E-state index in [0.717, 1.165) is 21.6 Å². The van der Waals surface area contributed by atoms with Gasteiger partial charge in [-0.05, 0) is 35.6 Å². The predicted molar refractivity (Wildman–Crippen MR) is 99.5 cm³/mol. The highest BCUT2D eigenvalue weighted by Crippen LogP contribution is 2.29. The summed E-state index contributed by atoms with van der Waals surface area (Å²) in [5, 5.41) is 2.41. The maximum absolute atomic E-state index is 12.8. The number of carbonyl (C=O) groups is 1. The number of hydrogen-bond acceptors (Lipinski definition) is 3. The molecular formula is C19H17ClN2OS. The quantitative estimate of drug-likeness (QED) is 0.613. The van der Waals surface area contributed by atoms with Gasteiger partial charge in [0.1, 0.15) is 5.15 Å². The number of hydrogen-bond donors (Lipinski definition) is 0. The molecule has 3 nitrogen and oxygen atoms in total. The lowest BCUT2D eigenvalue weighted by molar-refractivity contribution is 0.0790. The zero-order chi connectivity index (χ0) is 17.1. The van der Waals surface area contributed by atoms with Crippen LogP contribution < -0.4 is 0 Å². The SMILES string of the molecule is Cc1ccc(-c2ccsc2C(=O)N(C)Cc2ccc(Cl)nc2)cc1. The number of nitrogens with zero attached hydrogens (tertiary/aromatic N) is 2. The minimum atomic E-state index is 0.00975. The number of pyridine rings is 1. The summed E-state index contributed by atoms with van der Waals surface area (Å²) in [6.45, 7) is 2.55. The number of thiophene rings is 1. The molecule has 3 rings (SSSR count). The van der Waals surface area contributed by atoms with Gasteiger partial charge in [0.25, 0.3) is 5.91 Å². The zero-order valence-corrected chi connectivity index (χ0v) is 15.1. The van der Waals surface area contributed by atoms with E-state index in [1.165, 1.54) is 16.9 Å². The number of benzene rings is 1. The number of aromatic nitrogens is 1. The molecule has 2 aromatic heterocycles. The molecule has 1 amide bonds. The monoisotopic (exact) mass is 356 g/mol. The Bertz CT molecular complexity index is 841. The molecule has 0 saturated carbocycles. The second-order valence-corrected chi connectivity index (χ2v) is 6.98. The molecule has 3 aromatic rings.